The molecule has 0 unspecified atom stereocenters. The molecule has 0 radical (unpaired) electrons. The molecule has 1 aliphatic rings. The molecule has 1 saturated heterocycles. The van der Waals surface area contributed by atoms with Gasteiger partial charge in [0.1, 0.15) is 0 Å². The summed E-state index contributed by atoms with van der Waals surface area (Å²) in [6, 6.07) is 0. The summed E-state index contributed by atoms with van der Waals surface area (Å²) in [4.78, 5) is 7.36. The van der Waals surface area contributed by atoms with E-state index in [2.05, 4.69) is 11.9 Å². The lowest BCUT2D eigenvalue weighted by Crippen LogP contribution is -2.43. The smallest absolute Gasteiger partial charge is 0.370 e. The van der Waals surface area contributed by atoms with Crippen LogP contribution < -0.4 is 5.73 Å². The zero-order valence-corrected chi connectivity index (χ0v) is 14.3. The summed E-state index contributed by atoms with van der Waals surface area (Å²) in [6.45, 7) is 3.61. The monoisotopic (exact) mass is 408 g/mol. The van der Waals surface area contributed by atoms with E-state index in [1.165, 1.54) is 11.9 Å². The molecule has 0 spiro atoms. The average molecular weight is 408 g/mol. The van der Waals surface area contributed by atoms with Crippen LogP contribution in [0.4, 0.5) is 13.2 Å². The van der Waals surface area contributed by atoms with Crippen LogP contribution in [0.5, 0.6) is 0 Å². The first-order chi connectivity index (χ1) is 8.78. The molecule has 1 rings (SSSR count). The molecule has 1 aliphatic heterocycles. The van der Waals surface area contributed by atoms with Gasteiger partial charge in [-0.15, -0.1) is 24.0 Å². The zero-order chi connectivity index (χ0) is 14.5. The lowest BCUT2D eigenvalue weighted by atomic mass is 10.00. The number of aliphatic imine (C=N–C) groups is 1. The highest BCUT2D eigenvalue weighted by Crippen LogP contribution is 2.16. The van der Waals surface area contributed by atoms with Crippen LogP contribution in [-0.2, 0) is 0 Å². The van der Waals surface area contributed by atoms with Crippen LogP contribution in [-0.4, -0.2) is 61.7 Å². The number of hydrogen-bond donors (Lipinski definition) is 1. The summed E-state index contributed by atoms with van der Waals surface area (Å²) in [5.74, 6) is 1.16. The normalized spacial score (nSPS) is 18.3. The minimum Gasteiger partial charge on any atom is -0.370 e. The summed E-state index contributed by atoms with van der Waals surface area (Å²) in [5, 5.41) is 0. The molecule has 2 N–H and O–H groups in total. The van der Waals surface area contributed by atoms with E-state index in [9.17, 15) is 13.2 Å². The third-order valence-corrected chi connectivity index (χ3v) is 3.31. The highest BCUT2D eigenvalue weighted by atomic mass is 127. The van der Waals surface area contributed by atoms with E-state index < -0.39 is 12.7 Å². The molecule has 0 aromatic heterocycles. The lowest BCUT2D eigenvalue weighted by molar-refractivity contribution is -0.142. The van der Waals surface area contributed by atoms with E-state index in [4.69, 9.17) is 5.73 Å². The first-order valence-electron chi connectivity index (χ1n) is 6.58. The molecule has 8 heteroatoms. The zero-order valence-electron chi connectivity index (χ0n) is 12.0. The Hall–Kier alpha value is -0.250. The van der Waals surface area contributed by atoms with Gasteiger partial charge < -0.3 is 10.6 Å². The van der Waals surface area contributed by atoms with Gasteiger partial charge in [-0.05, 0) is 25.8 Å². The van der Waals surface area contributed by atoms with E-state index in [1.54, 1.807) is 0 Å². The van der Waals surface area contributed by atoms with Crippen molar-refractivity contribution in [2.24, 2.45) is 16.6 Å². The first-order valence-corrected chi connectivity index (χ1v) is 6.58. The number of hydrogen-bond acceptors (Lipinski definition) is 2. The second-order valence-corrected chi connectivity index (χ2v) is 5.26. The van der Waals surface area contributed by atoms with Gasteiger partial charge in [0.05, 0.1) is 13.1 Å². The van der Waals surface area contributed by atoms with Crippen LogP contribution in [0.2, 0.25) is 0 Å². The van der Waals surface area contributed by atoms with Gasteiger partial charge in [0, 0.05) is 19.6 Å². The van der Waals surface area contributed by atoms with E-state index >= 15 is 0 Å². The maximum atomic E-state index is 12.1. The third kappa shape index (κ3) is 8.13. The molecule has 120 valence electrons. The number of piperidine rings is 1. The predicted molar refractivity (Wildman–Crippen MR) is 85.4 cm³/mol. The van der Waals surface area contributed by atoms with Crippen molar-refractivity contribution in [2.75, 3.05) is 39.8 Å². The molecule has 20 heavy (non-hydrogen) atoms. The van der Waals surface area contributed by atoms with E-state index in [1.807, 2.05) is 4.90 Å². The Morgan fingerprint density at radius 3 is 2.40 bits per heavy atom. The molecule has 1 fully saturated rings. The summed E-state index contributed by atoms with van der Waals surface area (Å²) in [7, 11) is 1.43. The Balaban J connectivity index is 0.00000361. The van der Waals surface area contributed by atoms with Crippen LogP contribution in [0, 0.1) is 5.92 Å². The fraction of sp³-hybridized carbons (Fsp3) is 0.917. The fourth-order valence-corrected chi connectivity index (χ4v) is 2.06. The predicted octanol–water partition coefficient (Wildman–Crippen LogP) is 2.15. The number of likely N-dealkylation sites (tertiary alicyclic amines) is 1. The van der Waals surface area contributed by atoms with Gasteiger partial charge in [-0.25, -0.2) is 0 Å². The number of halogens is 4. The van der Waals surface area contributed by atoms with Crippen molar-refractivity contribution in [2.45, 2.75) is 25.9 Å². The van der Waals surface area contributed by atoms with Crippen molar-refractivity contribution < 1.29 is 13.2 Å². The molecule has 0 aliphatic carbocycles. The van der Waals surface area contributed by atoms with Crippen LogP contribution >= 0.6 is 24.0 Å². The van der Waals surface area contributed by atoms with Gasteiger partial charge in [0.2, 0.25) is 0 Å². The lowest BCUT2D eigenvalue weighted by Gasteiger charge is -2.31. The van der Waals surface area contributed by atoms with E-state index in [0.29, 0.717) is 18.4 Å². The minimum absolute atomic E-state index is 0. The van der Waals surface area contributed by atoms with Crippen molar-refractivity contribution >= 4 is 29.9 Å². The molecule has 0 bridgehead atoms. The van der Waals surface area contributed by atoms with Gasteiger partial charge in [-0.1, -0.05) is 6.92 Å². The summed E-state index contributed by atoms with van der Waals surface area (Å²) in [6.07, 6.45) is -1.98. The number of nitrogens with zero attached hydrogens (tertiary/aromatic N) is 3. The Bertz CT molecular complexity index is 302. The molecule has 4 nitrogen and oxygen atoms in total. The fourth-order valence-electron chi connectivity index (χ4n) is 2.06. The molecule has 0 aromatic rings. The second kappa shape index (κ2) is 8.91. The van der Waals surface area contributed by atoms with Crippen molar-refractivity contribution in [3.63, 3.8) is 0 Å². The largest absolute Gasteiger partial charge is 0.401 e. The Kier molecular flexibility index (Phi) is 8.80. The standard InChI is InChI=1S/C12H23F3N4.HI/c1-10-3-6-19(7-4-10)11(16)17-5-8-18(2)9-12(13,14)15;/h10H,3-9H2,1-2H3,(H2,16,17);1H. The summed E-state index contributed by atoms with van der Waals surface area (Å²) >= 11 is 0. The van der Waals surface area contributed by atoms with Crippen molar-refractivity contribution in [1.82, 2.24) is 9.80 Å². The molecule has 0 atom stereocenters. The Morgan fingerprint density at radius 2 is 1.90 bits per heavy atom. The number of rotatable bonds is 4. The second-order valence-electron chi connectivity index (χ2n) is 5.26. The van der Waals surface area contributed by atoms with E-state index in [0.717, 1.165) is 25.9 Å². The molecular formula is C12H24F3IN4. The van der Waals surface area contributed by atoms with Crippen molar-refractivity contribution in [3.05, 3.63) is 0 Å². The first kappa shape index (κ1) is 19.8. The molecule has 0 aromatic carbocycles. The van der Waals surface area contributed by atoms with Crippen molar-refractivity contribution in [3.8, 4) is 0 Å². The van der Waals surface area contributed by atoms with Gasteiger partial charge in [0.15, 0.2) is 5.96 Å². The van der Waals surface area contributed by atoms with Crippen LogP contribution in [0.3, 0.4) is 0 Å². The van der Waals surface area contributed by atoms with Crippen molar-refractivity contribution in [1.29, 1.82) is 0 Å². The van der Waals surface area contributed by atoms with Crippen LogP contribution in [0.25, 0.3) is 0 Å². The topological polar surface area (TPSA) is 44.9 Å². The Labute approximate surface area is 135 Å². The molecule has 0 saturated carbocycles. The number of guanidine groups is 1. The minimum atomic E-state index is -4.16. The van der Waals surface area contributed by atoms with Gasteiger partial charge in [-0.2, -0.15) is 13.2 Å². The van der Waals surface area contributed by atoms with Gasteiger partial charge in [0.25, 0.3) is 0 Å². The van der Waals surface area contributed by atoms with Crippen LogP contribution in [0.1, 0.15) is 19.8 Å². The SMILES string of the molecule is CC1CCN(C(N)=NCCN(C)CC(F)(F)F)CC1.I. The summed E-state index contributed by atoms with van der Waals surface area (Å²) in [5.41, 5.74) is 5.84. The maximum Gasteiger partial charge on any atom is 0.401 e. The third-order valence-electron chi connectivity index (χ3n) is 3.31. The maximum absolute atomic E-state index is 12.1. The number of alkyl halides is 3. The number of nitrogens with two attached hydrogens (primary N) is 1. The molecule has 1 heterocycles. The van der Waals surface area contributed by atoms with Crippen LogP contribution in [0.15, 0.2) is 4.99 Å². The van der Waals surface area contributed by atoms with E-state index in [-0.39, 0.29) is 30.5 Å². The quantitative estimate of drug-likeness (QED) is 0.441. The molecular weight excluding hydrogens is 384 g/mol. The summed E-state index contributed by atoms with van der Waals surface area (Å²) < 4.78 is 36.3. The highest BCUT2D eigenvalue weighted by molar-refractivity contribution is 14.0. The highest BCUT2D eigenvalue weighted by Gasteiger charge is 2.28. The average Bonchev–Trinajstić information content (AvgIpc) is 2.27. The van der Waals surface area contributed by atoms with Gasteiger partial charge >= 0.3 is 6.18 Å². The Morgan fingerprint density at radius 1 is 1.35 bits per heavy atom. The molecule has 0 amide bonds. The number of likely N-dealkylation sites (N-methyl/N-ethyl adjacent to an activating group) is 1. The van der Waals surface area contributed by atoms with Gasteiger partial charge in [-0.3, -0.25) is 9.89 Å².